The molecule has 1 aliphatic rings. The summed E-state index contributed by atoms with van der Waals surface area (Å²) in [5.74, 6) is -3.64. The second-order valence-electron chi connectivity index (χ2n) is 10.0. The first-order valence-electron chi connectivity index (χ1n) is 11.7. The highest BCUT2D eigenvalue weighted by Crippen LogP contribution is 2.65. The maximum atomic E-state index is 14.6. The van der Waals surface area contributed by atoms with E-state index in [9.17, 15) is 13.6 Å². The number of hydrogen-bond acceptors (Lipinski definition) is 4. The summed E-state index contributed by atoms with van der Waals surface area (Å²) in [6.07, 6.45) is 6.73. The van der Waals surface area contributed by atoms with E-state index in [2.05, 4.69) is 37.5 Å². The van der Waals surface area contributed by atoms with Crippen molar-refractivity contribution in [2.24, 2.45) is 5.41 Å². The summed E-state index contributed by atoms with van der Waals surface area (Å²) in [6, 6.07) is 8.10. The fourth-order valence-corrected chi connectivity index (χ4v) is 4.95. The smallest absolute Gasteiger partial charge is 0.251 e. The van der Waals surface area contributed by atoms with E-state index in [0.29, 0.717) is 24.9 Å². The molecule has 1 amide bonds. The molecule has 2 N–H and O–H groups in total. The van der Waals surface area contributed by atoms with Crippen LogP contribution in [0.15, 0.2) is 42.9 Å². The molecule has 2 heterocycles. The summed E-state index contributed by atoms with van der Waals surface area (Å²) in [5, 5.41) is 11.1. The van der Waals surface area contributed by atoms with Gasteiger partial charge in [0.25, 0.3) is 5.92 Å². The number of aromatic nitrogens is 3. The van der Waals surface area contributed by atoms with E-state index in [1.54, 1.807) is 18.6 Å². The SMILES string of the molecule is Cc1cncc([C@H](CC(=O)NC[C@H](Cc2ccc3[nH]ncc3c2)N(C)C)C2(C(C)(F)F)CC2)c1. The van der Waals surface area contributed by atoms with Gasteiger partial charge in [-0.25, -0.2) is 8.78 Å². The van der Waals surface area contributed by atoms with Crippen LogP contribution in [0.4, 0.5) is 8.78 Å². The zero-order valence-electron chi connectivity index (χ0n) is 20.2. The molecular formula is C26H33F2N5O. The van der Waals surface area contributed by atoms with Gasteiger partial charge in [0, 0.05) is 48.1 Å². The summed E-state index contributed by atoms with van der Waals surface area (Å²) in [7, 11) is 3.95. The maximum absolute atomic E-state index is 14.6. The number of alkyl halides is 2. The van der Waals surface area contributed by atoms with E-state index in [-0.39, 0.29) is 18.4 Å². The molecule has 6 nitrogen and oxygen atoms in total. The number of carbonyl (C=O) groups is 1. The molecule has 0 saturated heterocycles. The molecular weight excluding hydrogens is 436 g/mol. The van der Waals surface area contributed by atoms with E-state index in [4.69, 9.17) is 0 Å². The number of pyridine rings is 1. The van der Waals surface area contributed by atoms with Gasteiger partial charge in [-0.05, 0) is 76.0 Å². The fraction of sp³-hybridized carbons (Fsp3) is 0.500. The molecule has 0 spiro atoms. The van der Waals surface area contributed by atoms with Gasteiger partial charge < -0.3 is 10.2 Å². The van der Waals surface area contributed by atoms with Crippen molar-refractivity contribution >= 4 is 16.8 Å². The van der Waals surface area contributed by atoms with Gasteiger partial charge in [-0.2, -0.15) is 5.10 Å². The van der Waals surface area contributed by atoms with Crippen molar-refractivity contribution in [2.75, 3.05) is 20.6 Å². The number of nitrogens with one attached hydrogen (secondary N) is 2. The lowest BCUT2D eigenvalue weighted by Gasteiger charge is -2.32. The first kappa shape index (κ1) is 24.3. The van der Waals surface area contributed by atoms with Gasteiger partial charge in [-0.3, -0.25) is 14.9 Å². The van der Waals surface area contributed by atoms with Crippen molar-refractivity contribution in [1.29, 1.82) is 0 Å². The van der Waals surface area contributed by atoms with Crippen molar-refractivity contribution in [3.8, 4) is 0 Å². The number of carbonyl (C=O) groups excluding carboxylic acids is 1. The van der Waals surface area contributed by atoms with Crippen molar-refractivity contribution in [1.82, 2.24) is 25.4 Å². The van der Waals surface area contributed by atoms with E-state index >= 15 is 0 Å². The van der Waals surface area contributed by atoms with E-state index in [1.807, 2.05) is 33.2 Å². The Morgan fingerprint density at radius 3 is 2.65 bits per heavy atom. The van der Waals surface area contributed by atoms with Gasteiger partial charge in [0.2, 0.25) is 5.91 Å². The lowest BCUT2D eigenvalue weighted by Crippen LogP contribution is -2.43. The Labute approximate surface area is 199 Å². The molecule has 1 aliphatic carbocycles. The third kappa shape index (κ3) is 5.12. The lowest BCUT2D eigenvalue weighted by atomic mass is 9.77. The second kappa shape index (κ2) is 9.41. The van der Waals surface area contributed by atoms with Crippen molar-refractivity contribution in [3.05, 3.63) is 59.5 Å². The fourth-order valence-electron chi connectivity index (χ4n) is 4.95. The van der Waals surface area contributed by atoms with Crippen LogP contribution in [0.5, 0.6) is 0 Å². The first-order valence-corrected chi connectivity index (χ1v) is 11.7. The highest BCUT2D eigenvalue weighted by atomic mass is 19.3. The zero-order chi connectivity index (χ0) is 24.5. The molecule has 1 aromatic carbocycles. The monoisotopic (exact) mass is 469 g/mol. The Bertz CT molecular complexity index is 1150. The number of halogens is 2. The number of aryl methyl sites for hydroxylation is 1. The standard InChI is InChI=1S/C26H33F2N5O/c1-17-9-19(14-29-13-17)22(26(7-8-26)25(2,27)28)12-24(34)30-16-21(33(3)4)11-18-5-6-23-20(10-18)15-31-32-23/h5-6,9-10,13-15,21-22H,7-8,11-12,16H2,1-4H3,(H,30,34)(H,31,32)/t21-,22-/m0/s1. The summed E-state index contributed by atoms with van der Waals surface area (Å²) in [5.41, 5.74) is 2.57. The Balaban J connectivity index is 1.45. The zero-order valence-corrected chi connectivity index (χ0v) is 20.2. The highest BCUT2D eigenvalue weighted by molar-refractivity contribution is 5.78. The Hall–Kier alpha value is -2.87. The van der Waals surface area contributed by atoms with Crippen LogP contribution >= 0.6 is 0 Å². The molecule has 0 radical (unpaired) electrons. The number of aromatic amines is 1. The molecule has 2 aromatic heterocycles. The van der Waals surface area contributed by atoms with Crippen molar-refractivity contribution in [2.45, 2.75) is 57.4 Å². The predicted octanol–water partition coefficient (Wildman–Crippen LogP) is 4.46. The van der Waals surface area contributed by atoms with Crippen LogP contribution in [0.2, 0.25) is 0 Å². The summed E-state index contributed by atoms with van der Waals surface area (Å²) in [4.78, 5) is 19.3. The van der Waals surface area contributed by atoms with Gasteiger partial charge in [-0.15, -0.1) is 0 Å². The Morgan fingerprint density at radius 2 is 2.00 bits per heavy atom. The first-order chi connectivity index (χ1) is 16.1. The third-order valence-corrected chi connectivity index (χ3v) is 7.26. The van der Waals surface area contributed by atoms with Crippen LogP contribution in [0.1, 0.15) is 48.8 Å². The van der Waals surface area contributed by atoms with Gasteiger partial charge in [-0.1, -0.05) is 12.1 Å². The third-order valence-electron chi connectivity index (χ3n) is 7.26. The van der Waals surface area contributed by atoms with Gasteiger partial charge in [0.15, 0.2) is 0 Å². The molecule has 8 heteroatoms. The molecule has 0 aliphatic heterocycles. The average molecular weight is 470 g/mol. The molecule has 34 heavy (non-hydrogen) atoms. The number of nitrogens with zero attached hydrogens (tertiary/aromatic N) is 3. The normalized spacial score (nSPS) is 17.0. The maximum Gasteiger partial charge on any atom is 0.251 e. The molecule has 0 bridgehead atoms. The number of hydrogen-bond donors (Lipinski definition) is 2. The van der Waals surface area contributed by atoms with Crippen molar-refractivity contribution in [3.63, 3.8) is 0 Å². The van der Waals surface area contributed by atoms with E-state index < -0.39 is 17.3 Å². The number of amides is 1. The van der Waals surface area contributed by atoms with E-state index in [0.717, 1.165) is 35.4 Å². The minimum absolute atomic E-state index is 0.0235. The number of benzene rings is 1. The molecule has 0 unspecified atom stereocenters. The molecule has 4 rings (SSSR count). The predicted molar refractivity (Wildman–Crippen MR) is 129 cm³/mol. The van der Waals surface area contributed by atoms with Crippen LogP contribution in [0.25, 0.3) is 10.9 Å². The second-order valence-corrected chi connectivity index (χ2v) is 10.0. The molecule has 1 saturated carbocycles. The van der Waals surface area contributed by atoms with Gasteiger partial charge in [0.1, 0.15) is 0 Å². The van der Waals surface area contributed by atoms with Gasteiger partial charge >= 0.3 is 0 Å². The Morgan fingerprint density at radius 1 is 1.24 bits per heavy atom. The minimum Gasteiger partial charge on any atom is -0.355 e. The van der Waals surface area contributed by atoms with Crippen LogP contribution in [-0.4, -0.2) is 58.6 Å². The average Bonchev–Trinajstić information content (AvgIpc) is 3.46. The number of likely N-dealkylation sites (N-methyl/N-ethyl adjacent to an activating group) is 1. The van der Waals surface area contributed by atoms with Crippen LogP contribution in [0.3, 0.4) is 0 Å². The summed E-state index contributed by atoms with van der Waals surface area (Å²) in [6.45, 7) is 3.30. The largest absolute Gasteiger partial charge is 0.355 e. The number of fused-ring (bicyclic) bond motifs is 1. The number of H-pyrrole nitrogens is 1. The minimum atomic E-state index is -2.86. The summed E-state index contributed by atoms with van der Waals surface area (Å²) >= 11 is 0. The van der Waals surface area contributed by atoms with Crippen LogP contribution < -0.4 is 5.32 Å². The number of rotatable bonds is 10. The molecule has 1 fully saturated rings. The van der Waals surface area contributed by atoms with Crippen LogP contribution in [-0.2, 0) is 11.2 Å². The highest BCUT2D eigenvalue weighted by Gasteiger charge is 2.63. The quantitative estimate of drug-likeness (QED) is 0.460. The van der Waals surface area contributed by atoms with Crippen LogP contribution in [0, 0.1) is 12.3 Å². The summed E-state index contributed by atoms with van der Waals surface area (Å²) < 4.78 is 29.3. The van der Waals surface area contributed by atoms with E-state index in [1.165, 1.54) is 0 Å². The van der Waals surface area contributed by atoms with Crippen molar-refractivity contribution < 1.29 is 13.6 Å². The topological polar surface area (TPSA) is 73.9 Å². The molecule has 182 valence electrons. The molecule has 3 aromatic rings. The lowest BCUT2D eigenvalue weighted by molar-refractivity contribution is -0.123. The van der Waals surface area contributed by atoms with Gasteiger partial charge in [0.05, 0.1) is 11.7 Å². The molecule has 2 atom stereocenters. The Kier molecular flexibility index (Phi) is 6.71.